The van der Waals surface area contributed by atoms with Crippen molar-refractivity contribution in [2.24, 2.45) is 23.7 Å². The maximum atomic E-state index is 6.51. The molecule has 1 heterocycles. The molecule has 0 aromatic carbocycles. The fourth-order valence-corrected chi connectivity index (χ4v) is 4.54. The molecule has 3 aliphatic rings. The second-order valence-corrected chi connectivity index (χ2v) is 7.90. The average molecular weight is 264 g/mol. The third kappa shape index (κ3) is 2.17. The van der Waals surface area contributed by atoms with Gasteiger partial charge in [0.1, 0.15) is 0 Å². The lowest BCUT2D eigenvalue weighted by Gasteiger charge is -2.51. The maximum absolute atomic E-state index is 6.51. The van der Waals surface area contributed by atoms with Crippen LogP contribution in [-0.2, 0) is 9.31 Å². The van der Waals surface area contributed by atoms with Crippen molar-refractivity contribution in [2.75, 3.05) is 0 Å². The maximum Gasteiger partial charge on any atom is 0.460 e. The Kier molecular flexibility index (Phi) is 3.50. The Labute approximate surface area is 118 Å². The summed E-state index contributed by atoms with van der Waals surface area (Å²) < 4.78 is 12.9. The normalized spacial score (nSPS) is 47.4. The van der Waals surface area contributed by atoms with Gasteiger partial charge in [-0.2, -0.15) is 0 Å². The van der Waals surface area contributed by atoms with Crippen molar-refractivity contribution in [3.05, 3.63) is 0 Å². The predicted octanol–water partition coefficient (Wildman–Crippen LogP) is 4.15. The fourth-order valence-electron chi connectivity index (χ4n) is 4.54. The number of hydrogen-bond donors (Lipinski definition) is 0. The molecule has 2 saturated carbocycles. The monoisotopic (exact) mass is 264 g/mol. The standard InChI is InChI=1S/C16H29BO2/c1-10(2)12(4)17-18-15-9-13-7-6-11(3)14(8-13)16(15,5)19-17/h10-15H,6-9H2,1-5H3/t11-,12-,13?,14?,15-,16+/m1/s1. The first kappa shape index (κ1) is 13.9. The summed E-state index contributed by atoms with van der Waals surface area (Å²) in [6.07, 6.45) is 5.70. The van der Waals surface area contributed by atoms with E-state index < -0.39 is 0 Å². The zero-order valence-electron chi connectivity index (χ0n) is 13.2. The van der Waals surface area contributed by atoms with Gasteiger partial charge in [-0.15, -0.1) is 0 Å². The lowest BCUT2D eigenvalue weighted by molar-refractivity contribution is -0.0912. The van der Waals surface area contributed by atoms with Crippen LogP contribution >= 0.6 is 0 Å². The van der Waals surface area contributed by atoms with Gasteiger partial charge < -0.3 is 9.31 Å². The van der Waals surface area contributed by atoms with Gasteiger partial charge in [-0.3, -0.25) is 0 Å². The second kappa shape index (κ2) is 4.77. The molecule has 0 spiro atoms. The first-order chi connectivity index (χ1) is 8.91. The molecule has 0 amide bonds. The first-order valence-corrected chi connectivity index (χ1v) is 8.25. The molecule has 0 radical (unpaired) electrons. The molecule has 3 heteroatoms. The van der Waals surface area contributed by atoms with Gasteiger partial charge in [-0.25, -0.2) is 0 Å². The lowest BCUT2D eigenvalue weighted by Crippen LogP contribution is -2.53. The summed E-state index contributed by atoms with van der Waals surface area (Å²) in [6, 6.07) is 0. The topological polar surface area (TPSA) is 18.5 Å². The Morgan fingerprint density at radius 3 is 2.58 bits per heavy atom. The molecular formula is C16H29BO2. The molecule has 6 atom stereocenters. The molecule has 19 heavy (non-hydrogen) atoms. The average Bonchev–Trinajstić information content (AvgIpc) is 2.70. The Morgan fingerprint density at radius 1 is 1.16 bits per heavy atom. The molecule has 3 rings (SSSR count). The number of hydrogen-bond acceptors (Lipinski definition) is 2. The minimum atomic E-state index is -0.0237. The van der Waals surface area contributed by atoms with E-state index in [4.69, 9.17) is 9.31 Å². The zero-order chi connectivity index (χ0) is 13.8. The van der Waals surface area contributed by atoms with Crippen LogP contribution in [0.5, 0.6) is 0 Å². The quantitative estimate of drug-likeness (QED) is 0.697. The van der Waals surface area contributed by atoms with Gasteiger partial charge in [0.2, 0.25) is 0 Å². The van der Waals surface area contributed by atoms with Crippen LogP contribution in [0, 0.1) is 23.7 Å². The van der Waals surface area contributed by atoms with Crippen LogP contribution in [0.3, 0.4) is 0 Å². The van der Waals surface area contributed by atoms with Crippen LogP contribution in [0.15, 0.2) is 0 Å². The highest BCUT2D eigenvalue weighted by molar-refractivity contribution is 6.47. The number of fused-ring (bicyclic) bond motifs is 4. The summed E-state index contributed by atoms with van der Waals surface area (Å²) >= 11 is 0. The molecule has 2 unspecified atom stereocenters. The van der Waals surface area contributed by atoms with E-state index in [1.807, 2.05) is 0 Å². The summed E-state index contributed by atoms with van der Waals surface area (Å²) in [5.74, 6) is 3.48. The minimum Gasteiger partial charge on any atom is -0.405 e. The van der Waals surface area contributed by atoms with E-state index in [0.717, 1.165) is 11.8 Å². The molecule has 3 fully saturated rings. The van der Waals surface area contributed by atoms with Crippen LogP contribution in [0.1, 0.15) is 60.3 Å². The Hall–Kier alpha value is -0.0151. The van der Waals surface area contributed by atoms with Crippen LogP contribution in [0.25, 0.3) is 0 Å². The largest absolute Gasteiger partial charge is 0.460 e. The zero-order valence-corrected chi connectivity index (χ0v) is 13.2. The fraction of sp³-hybridized carbons (Fsp3) is 1.00. The van der Waals surface area contributed by atoms with Crippen molar-refractivity contribution >= 4 is 7.12 Å². The van der Waals surface area contributed by atoms with Gasteiger partial charge in [-0.05, 0) is 49.3 Å². The van der Waals surface area contributed by atoms with Crippen molar-refractivity contribution in [2.45, 2.75) is 77.8 Å². The van der Waals surface area contributed by atoms with Crippen molar-refractivity contribution in [1.29, 1.82) is 0 Å². The molecular weight excluding hydrogens is 235 g/mol. The van der Waals surface area contributed by atoms with Gasteiger partial charge in [0, 0.05) is 0 Å². The molecule has 1 aliphatic heterocycles. The summed E-state index contributed by atoms with van der Waals surface area (Å²) in [6.45, 7) is 11.5. The van der Waals surface area contributed by atoms with E-state index in [-0.39, 0.29) is 12.7 Å². The Bertz CT molecular complexity index is 346. The molecule has 108 valence electrons. The SMILES string of the molecule is CC(C)[C@@H](C)B1O[C@@H]2CC3CC[C@@H](C)C(C3)[C@]2(C)O1. The summed E-state index contributed by atoms with van der Waals surface area (Å²) in [7, 11) is 0.0153. The molecule has 1 saturated heterocycles. The van der Waals surface area contributed by atoms with Crippen molar-refractivity contribution in [1.82, 2.24) is 0 Å². The van der Waals surface area contributed by atoms with Gasteiger partial charge in [-0.1, -0.05) is 40.5 Å². The smallest absolute Gasteiger partial charge is 0.405 e. The highest BCUT2D eigenvalue weighted by atomic mass is 16.7. The van der Waals surface area contributed by atoms with E-state index in [2.05, 4.69) is 34.6 Å². The van der Waals surface area contributed by atoms with Crippen molar-refractivity contribution < 1.29 is 9.31 Å². The highest BCUT2D eigenvalue weighted by Crippen LogP contribution is 2.54. The van der Waals surface area contributed by atoms with Gasteiger partial charge in [0.15, 0.2) is 0 Å². The van der Waals surface area contributed by atoms with E-state index in [1.165, 1.54) is 25.7 Å². The molecule has 2 nitrogen and oxygen atoms in total. The first-order valence-electron chi connectivity index (χ1n) is 8.25. The molecule has 0 N–H and O–H groups in total. The predicted molar refractivity (Wildman–Crippen MR) is 79.0 cm³/mol. The van der Waals surface area contributed by atoms with E-state index >= 15 is 0 Å². The van der Waals surface area contributed by atoms with Crippen LogP contribution in [0.4, 0.5) is 0 Å². The van der Waals surface area contributed by atoms with E-state index in [1.54, 1.807) is 0 Å². The van der Waals surface area contributed by atoms with Crippen LogP contribution in [-0.4, -0.2) is 18.8 Å². The molecule has 2 aliphatic carbocycles. The summed E-state index contributed by atoms with van der Waals surface area (Å²) in [5, 5.41) is 0. The number of rotatable bonds is 2. The lowest BCUT2D eigenvalue weighted by atomic mass is 9.60. The third-order valence-electron chi connectivity index (χ3n) is 6.38. The Morgan fingerprint density at radius 2 is 1.89 bits per heavy atom. The summed E-state index contributed by atoms with van der Waals surface area (Å²) in [5.41, 5.74) is -0.0237. The van der Waals surface area contributed by atoms with E-state index in [0.29, 0.717) is 23.8 Å². The van der Waals surface area contributed by atoms with Crippen LogP contribution in [0.2, 0.25) is 5.82 Å². The second-order valence-electron chi connectivity index (χ2n) is 7.90. The van der Waals surface area contributed by atoms with Crippen molar-refractivity contribution in [3.8, 4) is 0 Å². The molecule has 2 bridgehead atoms. The minimum absolute atomic E-state index is 0.0153. The third-order valence-corrected chi connectivity index (χ3v) is 6.38. The molecule has 0 aromatic rings. The van der Waals surface area contributed by atoms with Gasteiger partial charge in [0.25, 0.3) is 0 Å². The summed E-state index contributed by atoms with van der Waals surface area (Å²) in [4.78, 5) is 0. The van der Waals surface area contributed by atoms with Crippen molar-refractivity contribution in [3.63, 3.8) is 0 Å². The van der Waals surface area contributed by atoms with Gasteiger partial charge >= 0.3 is 7.12 Å². The molecule has 0 aromatic heterocycles. The Balaban J connectivity index is 1.81. The highest BCUT2D eigenvalue weighted by Gasteiger charge is 2.59. The van der Waals surface area contributed by atoms with E-state index in [9.17, 15) is 0 Å². The van der Waals surface area contributed by atoms with Gasteiger partial charge in [0.05, 0.1) is 11.7 Å². The van der Waals surface area contributed by atoms with Crippen LogP contribution < -0.4 is 0 Å².